The number of nitrogens with two attached hydrogens (primary N) is 1. The lowest BCUT2D eigenvalue weighted by atomic mass is 10.2. The van der Waals surface area contributed by atoms with Gasteiger partial charge in [-0.1, -0.05) is 30.7 Å². The number of para-hydroxylation sites is 1. The van der Waals surface area contributed by atoms with Crippen LogP contribution in [-0.2, 0) is 9.53 Å². The van der Waals surface area contributed by atoms with Crippen LogP contribution in [0.3, 0.4) is 0 Å². The molecule has 5 nitrogen and oxygen atoms in total. The van der Waals surface area contributed by atoms with E-state index in [1.807, 2.05) is 25.1 Å². The summed E-state index contributed by atoms with van der Waals surface area (Å²) in [4.78, 5) is 12.1. The standard InChI is InChI=1S/C16H23ClN2O3/c1-2-11(21-14-6-4-3-5-13(14)17)10-19-16(20)15-8-7-12(9-18)22-15/h3-6,11-12,15H,2,7-10,18H2,1H3,(H,19,20)/t11?,12-,15+/m1/s1. The second kappa shape index (κ2) is 8.36. The number of carbonyl (C=O) groups is 1. The maximum Gasteiger partial charge on any atom is 0.249 e. The molecule has 3 atom stereocenters. The molecule has 1 aliphatic heterocycles. The van der Waals surface area contributed by atoms with Crippen molar-refractivity contribution in [2.75, 3.05) is 13.1 Å². The van der Waals surface area contributed by atoms with Gasteiger partial charge in [0, 0.05) is 6.54 Å². The van der Waals surface area contributed by atoms with Crippen molar-refractivity contribution >= 4 is 17.5 Å². The van der Waals surface area contributed by atoms with Gasteiger partial charge in [-0.25, -0.2) is 0 Å². The third-order valence-corrected chi connectivity index (χ3v) is 4.06. The first-order chi connectivity index (χ1) is 10.6. The van der Waals surface area contributed by atoms with Crippen molar-refractivity contribution in [3.63, 3.8) is 0 Å². The van der Waals surface area contributed by atoms with Crippen molar-refractivity contribution in [1.29, 1.82) is 0 Å². The Kier molecular flexibility index (Phi) is 6.49. The molecule has 1 saturated heterocycles. The van der Waals surface area contributed by atoms with E-state index in [9.17, 15) is 4.79 Å². The smallest absolute Gasteiger partial charge is 0.249 e. The van der Waals surface area contributed by atoms with Crippen LogP contribution in [0, 0.1) is 0 Å². The number of hydrogen-bond donors (Lipinski definition) is 2. The van der Waals surface area contributed by atoms with Gasteiger partial charge in [-0.3, -0.25) is 4.79 Å². The molecule has 1 amide bonds. The molecule has 0 bridgehead atoms. The first kappa shape index (κ1) is 17.1. The maximum absolute atomic E-state index is 12.1. The molecule has 1 unspecified atom stereocenters. The molecular formula is C16H23ClN2O3. The zero-order valence-electron chi connectivity index (χ0n) is 12.8. The summed E-state index contributed by atoms with van der Waals surface area (Å²) in [6.07, 6.45) is 1.79. The van der Waals surface area contributed by atoms with E-state index in [0.717, 1.165) is 19.3 Å². The number of carbonyl (C=O) groups excluding carboxylic acids is 1. The Labute approximate surface area is 136 Å². The molecule has 1 fully saturated rings. The fourth-order valence-corrected chi connectivity index (χ4v) is 2.57. The SMILES string of the molecule is CCC(CNC(=O)[C@@H]1CC[C@H](CN)O1)Oc1ccccc1Cl. The van der Waals surface area contributed by atoms with Crippen molar-refractivity contribution < 1.29 is 14.3 Å². The van der Waals surface area contributed by atoms with Crippen LogP contribution < -0.4 is 15.8 Å². The number of halogens is 1. The lowest BCUT2D eigenvalue weighted by Crippen LogP contribution is -2.41. The van der Waals surface area contributed by atoms with Crippen LogP contribution in [0.5, 0.6) is 5.75 Å². The normalized spacial score (nSPS) is 22.3. The Bertz CT molecular complexity index is 498. The highest BCUT2D eigenvalue weighted by Crippen LogP contribution is 2.24. The number of benzene rings is 1. The highest BCUT2D eigenvalue weighted by atomic mass is 35.5. The third kappa shape index (κ3) is 4.60. The fraction of sp³-hybridized carbons (Fsp3) is 0.562. The first-order valence-electron chi connectivity index (χ1n) is 7.68. The predicted octanol–water partition coefficient (Wildman–Crippen LogP) is 2.12. The molecule has 1 heterocycles. The van der Waals surface area contributed by atoms with Gasteiger partial charge in [0.05, 0.1) is 17.7 Å². The van der Waals surface area contributed by atoms with Crippen LogP contribution in [0.25, 0.3) is 0 Å². The number of hydrogen-bond acceptors (Lipinski definition) is 4. The Balaban J connectivity index is 1.81. The highest BCUT2D eigenvalue weighted by molar-refractivity contribution is 6.32. The molecule has 0 aliphatic carbocycles. The van der Waals surface area contributed by atoms with Crippen molar-refractivity contribution in [3.05, 3.63) is 29.3 Å². The number of nitrogens with one attached hydrogen (secondary N) is 1. The van der Waals surface area contributed by atoms with E-state index in [2.05, 4.69) is 5.32 Å². The lowest BCUT2D eigenvalue weighted by Gasteiger charge is -2.20. The van der Waals surface area contributed by atoms with Crippen molar-refractivity contribution in [1.82, 2.24) is 5.32 Å². The van der Waals surface area contributed by atoms with E-state index >= 15 is 0 Å². The summed E-state index contributed by atoms with van der Waals surface area (Å²) in [7, 11) is 0. The number of amides is 1. The Hall–Kier alpha value is -1.30. The van der Waals surface area contributed by atoms with Gasteiger partial charge in [-0.2, -0.15) is 0 Å². The van der Waals surface area contributed by atoms with Crippen LogP contribution in [-0.4, -0.2) is 37.3 Å². The minimum absolute atomic E-state index is 0.00269. The summed E-state index contributed by atoms with van der Waals surface area (Å²) in [5, 5.41) is 3.45. The summed E-state index contributed by atoms with van der Waals surface area (Å²) >= 11 is 6.08. The lowest BCUT2D eigenvalue weighted by molar-refractivity contribution is -0.132. The Morgan fingerprint density at radius 1 is 1.50 bits per heavy atom. The molecule has 0 radical (unpaired) electrons. The Morgan fingerprint density at radius 3 is 2.91 bits per heavy atom. The largest absolute Gasteiger partial charge is 0.487 e. The van der Waals surface area contributed by atoms with Crippen LogP contribution >= 0.6 is 11.6 Å². The molecule has 0 saturated carbocycles. The van der Waals surface area contributed by atoms with E-state index in [0.29, 0.717) is 23.9 Å². The Morgan fingerprint density at radius 2 is 2.27 bits per heavy atom. The van der Waals surface area contributed by atoms with E-state index in [1.165, 1.54) is 0 Å². The predicted molar refractivity (Wildman–Crippen MR) is 86.1 cm³/mol. The van der Waals surface area contributed by atoms with E-state index in [4.69, 9.17) is 26.8 Å². The van der Waals surface area contributed by atoms with Gasteiger partial charge in [0.1, 0.15) is 18.0 Å². The van der Waals surface area contributed by atoms with Crippen molar-refractivity contribution in [2.24, 2.45) is 5.73 Å². The average Bonchev–Trinajstić information content (AvgIpc) is 3.02. The molecule has 0 spiro atoms. The molecule has 0 aromatic heterocycles. The van der Waals surface area contributed by atoms with Gasteiger partial charge in [-0.05, 0) is 31.4 Å². The van der Waals surface area contributed by atoms with Gasteiger partial charge in [0.15, 0.2) is 0 Å². The van der Waals surface area contributed by atoms with Crippen LogP contribution in [0.4, 0.5) is 0 Å². The van der Waals surface area contributed by atoms with Gasteiger partial charge in [-0.15, -0.1) is 0 Å². The monoisotopic (exact) mass is 326 g/mol. The van der Waals surface area contributed by atoms with Gasteiger partial charge in [0.2, 0.25) is 5.91 Å². The summed E-state index contributed by atoms with van der Waals surface area (Å²) in [5.74, 6) is 0.530. The van der Waals surface area contributed by atoms with Crippen LogP contribution in [0.15, 0.2) is 24.3 Å². The highest BCUT2D eigenvalue weighted by Gasteiger charge is 2.30. The summed E-state index contributed by atoms with van der Waals surface area (Å²) in [5.41, 5.74) is 5.55. The van der Waals surface area contributed by atoms with E-state index < -0.39 is 6.10 Å². The van der Waals surface area contributed by atoms with Crippen molar-refractivity contribution in [3.8, 4) is 5.75 Å². The van der Waals surface area contributed by atoms with Gasteiger partial charge in [0.25, 0.3) is 0 Å². The minimum Gasteiger partial charge on any atom is -0.487 e. The third-order valence-electron chi connectivity index (χ3n) is 3.75. The average molecular weight is 327 g/mol. The molecule has 122 valence electrons. The van der Waals surface area contributed by atoms with Crippen molar-refractivity contribution in [2.45, 2.75) is 44.5 Å². The van der Waals surface area contributed by atoms with E-state index in [1.54, 1.807) is 6.07 Å². The van der Waals surface area contributed by atoms with Gasteiger partial charge < -0.3 is 20.5 Å². The van der Waals surface area contributed by atoms with Crippen LogP contribution in [0.1, 0.15) is 26.2 Å². The molecule has 1 aromatic rings. The zero-order chi connectivity index (χ0) is 15.9. The van der Waals surface area contributed by atoms with Gasteiger partial charge >= 0.3 is 0 Å². The number of ether oxygens (including phenoxy) is 2. The maximum atomic E-state index is 12.1. The molecular weight excluding hydrogens is 304 g/mol. The second-order valence-corrected chi connectivity index (χ2v) is 5.79. The number of rotatable bonds is 7. The molecule has 2 rings (SSSR count). The van der Waals surface area contributed by atoms with E-state index in [-0.39, 0.29) is 18.1 Å². The molecule has 3 N–H and O–H groups in total. The summed E-state index contributed by atoms with van der Waals surface area (Å²) in [6.45, 7) is 2.88. The summed E-state index contributed by atoms with van der Waals surface area (Å²) < 4.78 is 11.4. The molecule has 1 aliphatic rings. The quantitative estimate of drug-likeness (QED) is 0.805. The molecule has 6 heteroatoms. The molecule has 1 aromatic carbocycles. The summed E-state index contributed by atoms with van der Waals surface area (Å²) in [6, 6.07) is 7.31. The fourth-order valence-electron chi connectivity index (χ4n) is 2.39. The zero-order valence-corrected chi connectivity index (χ0v) is 13.5. The second-order valence-electron chi connectivity index (χ2n) is 5.38. The van der Waals surface area contributed by atoms with Crippen LogP contribution in [0.2, 0.25) is 5.02 Å². The first-order valence-corrected chi connectivity index (χ1v) is 8.06. The topological polar surface area (TPSA) is 73.6 Å². The minimum atomic E-state index is -0.397. The molecule has 22 heavy (non-hydrogen) atoms.